The minimum absolute atomic E-state index is 0.0583. The number of pyridine rings is 1. The Labute approximate surface area is 192 Å². The molecule has 0 fully saturated rings. The lowest BCUT2D eigenvalue weighted by Crippen LogP contribution is -2.02. The summed E-state index contributed by atoms with van der Waals surface area (Å²) in [4.78, 5) is 14.4. The molecule has 0 unspecified atom stereocenters. The molecular formula is C19H13FI2N4O3. The average Bonchev–Trinajstić information content (AvgIpc) is 2.69. The van der Waals surface area contributed by atoms with Crippen LogP contribution in [-0.4, -0.2) is 16.1 Å². The summed E-state index contributed by atoms with van der Waals surface area (Å²) in [7, 11) is 0. The van der Waals surface area contributed by atoms with Crippen molar-refractivity contribution in [1.82, 2.24) is 4.98 Å². The third kappa shape index (κ3) is 5.59. The van der Waals surface area contributed by atoms with Crippen LogP contribution >= 0.6 is 45.2 Å². The van der Waals surface area contributed by atoms with Crippen molar-refractivity contribution in [2.24, 2.45) is 5.10 Å². The summed E-state index contributed by atoms with van der Waals surface area (Å²) in [6.07, 6.45) is 2.97. The van der Waals surface area contributed by atoms with Crippen LogP contribution in [0.25, 0.3) is 0 Å². The molecular weight excluding hydrogens is 605 g/mol. The third-order valence-electron chi connectivity index (χ3n) is 3.72. The van der Waals surface area contributed by atoms with Gasteiger partial charge in [-0.25, -0.2) is 9.37 Å². The van der Waals surface area contributed by atoms with E-state index in [1.54, 1.807) is 18.2 Å². The Balaban J connectivity index is 1.71. The number of halogens is 3. The van der Waals surface area contributed by atoms with Crippen molar-refractivity contribution >= 4 is 62.9 Å². The Kier molecular flexibility index (Phi) is 7.30. The summed E-state index contributed by atoms with van der Waals surface area (Å²) in [5.74, 6) is 0.402. The molecule has 1 heterocycles. The molecule has 2 aromatic carbocycles. The first kappa shape index (κ1) is 21.4. The van der Waals surface area contributed by atoms with Gasteiger partial charge in [-0.3, -0.25) is 15.5 Å². The van der Waals surface area contributed by atoms with Crippen molar-refractivity contribution in [1.29, 1.82) is 0 Å². The highest BCUT2D eigenvalue weighted by Gasteiger charge is 2.13. The molecule has 1 N–H and O–H groups in total. The van der Waals surface area contributed by atoms with Crippen LogP contribution in [0.15, 0.2) is 59.8 Å². The number of ether oxygens (including phenoxy) is 1. The minimum atomic E-state index is -0.529. The van der Waals surface area contributed by atoms with E-state index in [4.69, 9.17) is 4.74 Å². The molecule has 0 radical (unpaired) electrons. The molecule has 29 heavy (non-hydrogen) atoms. The Morgan fingerprint density at radius 1 is 1.21 bits per heavy atom. The lowest BCUT2D eigenvalue weighted by Gasteiger charge is -2.12. The number of nitro groups is 1. The Morgan fingerprint density at radius 2 is 1.93 bits per heavy atom. The lowest BCUT2D eigenvalue weighted by atomic mass is 10.2. The van der Waals surface area contributed by atoms with E-state index in [-0.39, 0.29) is 23.9 Å². The van der Waals surface area contributed by atoms with Crippen LogP contribution in [0.4, 0.5) is 15.9 Å². The second-order valence-electron chi connectivity index (χ2n) is 5.69. The molecule has 0 aliphatic rings. The van der Waals surface area contributed by atoms with E-state index >= 15 is 0 Å². The second kappa shape index (κ2) is 9.91. The first-order chi connectivity index (χ1) is 14.0. The molecule has 3 rings (SSSR count). The largest absolute Gasteiger partial charge is 0.487 e. The number of nitrogens with zero attached hydrogens (tertiary/aromatic N) is 3. The minimum Gasteiger partial charge on any atom is -0.487 e. The van der Waals surface area contributed by atoms with E-state index in [0.29, 0.717) is 11.3 Å². The maximum atomic E-state index is 13.8. The highest BCUT2D eigenvalue weighted by Crippen LogP contribution is 2.29. The maximum absolute atomic E-state index is 13.8. The van der Waals surface area contributed by atoms with Gasteiger partial charge in [0.25, 0.3) is 0 Å². The van der Waals surface area contributed by atoms with Gasteiger partial charge in [0.15, 0.2) is 0 Å². The van der Waals surface area contributed by atoms with Gasteiger partial charge in [-0.05, 0) is 75.0 Å². The van der Waals surface area contributed by atoms with E-state index in [1.165, 1.54) is 30.6 Å². The summed E-state index contributed by atoms with van der Waals surface area (Å²) in [5, 5.41) is 15.0. The van der Waals surface area contributed by atoms with Crippen LogP contribution in [0.1, 0.15) is 11.1 Å². The zero-order valence-corrected chi connectivity index (χ0v) is 19.0. The van der Waals surface area contributed by atoms with Gasteiger partial charge in [0.1, 0.15) is 18.2 Å². The Morgan fingerprint density at radius 3 is 2.62 bits per heavy atom. The molecule has 1 aromatic heterocycles. The van der Waals surface area contributed by atoms with E-state index < -0.39 is 4.92 Å². The van der Waals surface area contributed by atoms with Crippen molar-refractivity contribution in [3.05, 3.63) is 88.9 Å². The van der Waals surface area contributed by atoms with Crippen molar-refractivity contribution in [2.75, 3.05) is 5.43 Å². The van der Waals surface area contributed by atoms with E-state index in [9.17, 15) is 14.5 Å². The predicted octanol–water partition coefficient (Wildman–Crippen LogP) is 5.36. The number of anilines is 1. The van der Waals surface area contributed by atoms with Crippen molar-refractivity contribution in [3.8, 4) is 5.75 Å². The van der Waals surface area contributed by atoms with Gasteiger partial charge < -0.3 is 4.74 Å². The molecule has 148 valence electrons. The third-order valence-corrected chi connectivity index (χ3v) is 5.32. The summed E-state index contributed by atoms with van der Waals surface area (Å²) in [5.41, 5.74) is 3.67. The van der Waals surface area contributed by atoms with Crippen molar-refractivity contribution in [2.45, 2.75) is 6.61 Å². The van der Waals surface area contributed by atoms with E-state index in [0.717, 1.165) is 12.7 Å². The van der Waals surface area contributed by atoms with Gasteiger partial charge in [0.05, 0.1) is 18.3 Å². The summed E-state index contributed by atoms with van der Waals surface area (Å²) in [6.45, 7) is 0.122. The first-order valence-electron chi connectivity index (χ1n) is 8.19. The molecule has 0 saturated heterocycles. The summed E-state index contributed by atoms with van der Waals surface area (Å²) in [6, 6.07) is 13.0. The number of rotatable bonds is 7. The fourth-order valence-electron chi connectivity index (χ4n) is 2.36. The monoisotopic (exact) mass is 618 g/mol. The van der Waals surface area contributed by atoms with Crippen LogP contribution < -0.4 is 10.2 Å². The van der Waals surface area contributed by atoms with Crippen LogP contribution in [0.5, 0.6) is 5.75 Å². The van der Waals surface area contributed by atoms with Gasteiger partial charge in [-0.2, -0.15) is 5.10 Å². The maximum Gasteiger partial charge on any atom is 0.313 e. The van der Waals surface area contributed by atoms with Gasteiger partial charge in [0, 0.05) is 17.8 Å². The van der Waals surface area contributed by atoms with Gasteiger partial charge in [-0.1, -0.05) is 18.2 Å². The van der Waals surface area contributed by atoms with Crippen LogP contribution in [0.3, 0.4) is 0 Å². The molecule has 0 aliphatic heterocycles. The van der Waals surface area contributed by atoms with Crippen LogP contribution in [0.2, 0.25) is 0 Å². The first-order valence-corrected chi connectivity index (χ1v) is 10.3. The van der Waals surface area contributed by atoms with Gasteiger partial charge in [-0.15, -0.1) is 0 Å². The smallest absolute Gasteiger partial charge is 0.313 e. The van der Waals surface area contributed by atoms with Crippen molar-refractivity contribution in [3.63, 3.8) is 0 Å². The molecule has 0 bridgehead atoms. The fraction of sp³-hybridized carbons (Fsp3) is 0.0526. The molecule has 0 atom stereocenters. The number of benzene rings is 2. The molecule has 10 heteroatoms. The number of hydrogen-bond acceptors (Lipinski definition) is 6. The molecule has 0 aliphatic carbocycles. The van der Waals surface area contributed by atoms with Crippen LogP contribution in [0, 0.1) is 23.1 Å². The Bertz CT molecular complexity index is 1060. The van der Waals surface area contributed by atoms with Gasteiger partial charge in [0.2, 0.25) is 5.82 Å². The number of nitrogens with one attached hydrogen (secondary N) is 1. The molecule has 0 spiro atoms. The molecule has 0 amide bonds. The standard InChI is InChI=1S/C19H13FI2N4O3/c20-14-5-2-1-4-13(14)11-29-18-15(21)8-12(9-16(18)22)10-24-25-19-17(26(27)28)6-3-7-23-19/h1-10H,11H2,(H,23,25)/b24-10-. The Hall–Kier alpha value is -2.35. The number of hydrazone groups is 1. The highest BCUT2D eigenvalue weighted by atomic mass is 127. The molecule has 7 nitrogen and oxygen atoms in total. The summed E-state index contributed by atoms with van der Waals surface area (Å²) < 4.78 is 21.2. The number of aromatic nitrogens is 1. The molecule has 3 aromatic rings. The quantitative estimate of drug-likeness (QED) is 0.167. The SMILES string of the molecule is O=[N+]([O-])c1cccnc1N/N=C\c1cc(I)c(OCc2ccccc2F)c(I)c1. The molecule has 0 saturated carbocycles. The predicted molar refractivity (Wildman–Crippen MR) is 125 cm³/mol. The second-order valence-corrected chi connectivity index (χ2v) is 8.02. The average molecular weight is 618 g/mol. The van der Waals surface area contributed by atoms with E-state index in [1.807, 2.05) is 12.1 Å². The highest BCUT2D eigenvalue weighted by molar-refractivity contribution is 14.1. The zero-order chi connectivity index (χ0) is 20.8. The zero-order valence-electron chi connectivity index (χ0n) is 14.7. The topological polar surface area (TPSA) is 89.7 Å². The normalized spacial score (nSPS) is 10.9. The lowest BCUT2D eigenvalue weighted by molar-refractivity contribution is -0.384. The van der Waals surface area contributed by atoms with Crippen molar-refractivity contribution < 1.29 is 14.1 Å². The number of hydrogen-bond donors (Lipinski definition) is 1. The van der Waals surface area contributed by atoms with Gasteiger partial charge >= 0.3 is 5.69 Å². The fourth-order valence-corrected chi connectivity index (χ4v) is 4.48. The van der Waals surface area contributed by atoms with Crippen LogP contribution in [-0.2, 0) is 6.61 Å². The van der Waals surface area contributed by atoms with E-state index in [2.05, 4.69) is 60.7 Å². The summed E-state index contributed by atoms with van der Waals surface area (Å²) >= 11 is 4.27.